The molecular formula is C16H18N2O4. The standard InChI is InChI=1S/C16H18N2O4/c1-20-15-9-12(7-8-18-19)3-5-14(15)22-11-13-4-6-16(21-2)17-10-13/h3-6,8-10,19H,7,11H2,1-2H3. The van der Waals surface area contributed by atoms with E-state index in [4.69, 9.17) is 19.4 Å². The van der Waals surface area contributed by atoms with Crippen molar-refractivity contribution in [1.29, 1.82) is 0 Å². The van der Waals surface area contributed by atoms with Gasteiger partial charge in [-0.15, -0.1) is 5.16 Å². The number of hydrogen-bond donors (Lipinski definition) is 1. The molecule has 22 heavy (non-hydrogen) atoms. The summed E-state index contributed by atoms with van der Waals surface area (Å²) in [5.74, 6) is 1.84. The van der Waals surface area contributed by atoms with Gasteiger partial charge < -0.3 is 19.4 Å². The van der Waals surface area contributed by atoms with E-state index in [0.29, 0.717) is 30.4 Å². The van der Waals surface area contributed by atoms with E-state index in [1.54, 1.807) is 26.5 Å². The predicted molar refractivity (Wildman–Crippen MR) is 82.1 cm³/mol. The quantitative estimate of drug-likeness (QED) is 0.483. The van der Waals surface area contributed by atoms with Gasteiger partial charge in [0.15, 0.2) is 11.5 Å². The average Bonchev–Trinajstić information content (AvgIpc) is 2.58. The number of pyridine rings is 1. The average molecular weight is 302 g/mol. The van der Waals surface area contributed by atoms with E-state index in [1.807, 2.05) is 24.3 Å². The number of rotatable bonds is 7. The van der Waals surface area contributed by atoms with Crippen LogP contribution >= 0.6 is 0 Å². The molecule has 1 aromatic carbocycles. The Morgan fingerprint density at radius 2 is 1.91 bits per heavy atom. The molecule has 0 aliphatic rings. The van der Waals surface area contributed by atoms with Gasteiger partial charge in [-0.25, -0.2) is 4.98 Å². The second-order valence-electron chi connectivity index (χ2n) is 4.48. The first kappa shape index (κ1) is 15.6. The molecule has 6 heteroatoms. The summed E-state index contributed by atoms with van der Waals surface area (Å²) in [6.45, 7) is 0.380. The highest BCUT2D eigenvalue weighted by atomic mass is 16.5. The molecule has 116 valence electrons. The van der Waals surface area contributed by atoms with Crippen LogP contribution < -0.4 is 14.2 Å². The molecular weight excluding hydrogens is 284 g/mol. The van der Waals surface area contributed by atoms with E-state index in [9.17, 15) is 0 Å². The fourth-order valence-corrected chi connectivity index (χ4v) is 1.88. The van der Waals surface area contributed by atoms with Gasteiger partial charge in [0.2, 0.25) is 5.88 Å². The molecule has 1 aromatic heterocycles. The summed E-state index contributed by atoms with van der Waals surface area (Å²) in [4.78, 5) is 4.13. The maximum absolute atomic E-state index is 8.45. The fourth-order valence-electron chi connectivity index (χ4n) is 1.88. The summed E-state index contributed by atoms with van der Waals surface area (Å²) in [7, 11) is 3.16. The van der Waals surface area contributed by atoms with Gasteiger partial charge in [0.25, 0.3) is 0 Å². The largest absolute Gasteiger partial charge is 0.493 e. The van der Waals surface area contributed by atoms with Crippen molar-refractivity contribution >= 4 is 6.21 Å². The van der Waals surface area contributed by atoms with Crippen LogP contribution in [0.15, 0.2) is 41.7 Å². The minimum atomic E-state index is 0.380. The zero-order chi connectivity index (χ0) is 15.8. The van der Waals surface area contributed by atoms with Crippen LogP contribution in [0, 0.1) is 0 Å². The summed E-state index contributed by atoms with van der Waals surface area (Å²) < 4.78 is 16.1. The van der Waals surface area contributed by atoms with E-state index in [-0.39, 0.29) is 0 Å². The van der Waals surface area contributed by atoms with Gasteiger partial charge in [0.05, 0.1) is 14.2 Å². The molecule has 0 unspecified atom stereocenters. The lowest BCUT2D eigenvalue weighted by Gasteiger charge is -2.12. The van der Waals surface area contributed by atoms with Crippen LogP contribution in [-0.4, -0.2) is 30.6 Å². The van der Waals surface area contributed by atoms with Gasteiger partial charge in [-0.05, 0) is 23.8 Å². The third-order valence-electron chi connectivity index (χ3n) is 3.04. The number of hydrogen-bond acceptors (Lipinski definition) is 6. The monoisotopic (exact) mass is 302 g/mol. The molecule has 0 aliphatic heterocycles. The first-order valence-corrected chi connectivity index (χ1v) is 6.71. The van der Waals surface area contributed by atoms with Crippen LogP contribution in [0.5, 0.6) is 17.4 Å². The summed E-state index contributed by atoms with van der Waals surface area (Å²) in [5.41, 5.74) is 1.90. The Morgan fingerprint density at radius 3 is 2.55 bits per heavy atom. The molecule has 6 nitrogen and oxygen atoms in total. The molecule has 0 aliphatic carbocycles. The Balaban J connectivity index is 2.04. The Hall–Kier alpha value is -2.76. The zero-order valence-corrected chi connectivity index (χ0v) is 12.5. The van der Waals surface area contributed by atoms with Crippen LogP contribution in [0.2, 0.25) is 0 Å². The smallest absolute Gasteiger partial charge is 0.212 e. The highest BCUT2D eigenvalue weighted by Gasteiger charge is 2.06. The second kappa shape index (κ2) is 7.87. The molecule has 1 heterocycles. The molecule has 2 aromatic rings. The lowest BCUT2D eigenvalue weighted by atomic mass is 10.1. The van der Waals surface area contributed by atoms with Crippen LogP contribution in [0.1, 0.15) is 11.1 Å². The third-order valence-corrected chi connectivity index (χ3v) is 3.04. The van der Waals surface area contributed by atoms with Crippen LogP contribution in [0.3, 0.4) is 0 Å². The van der Waals surface area contributed by atoms with Crippen molar-refractivity contribution in [3.63, 3.8) is 0 Å². The van der Waals surface area contributed by atoms with Gasteiger partial charge in [0, 0.05) is 30.5 Å². The molecule has 0 bridgehead atoms. The topological polar surface area (TPSA) is 73.2 Å². The number of oxime groups is 1. The minimum Gasteiger partial charge on any atom is -0.493 e. The molecule has 0 fully saturated rings. The number of aromatic nitrogens is 1. The highest BCUT2D eigenvalue weighted by molar-refractivity contribution is 5.61. The summed E-state index contributed by atoms with van der Waals surface area (Å²) >= 11 is 0. The second-order valence-corrected chi connectivity index (χ2v) is 4.48. The predicted octanol–water partition coefficient (Wildman–Crippen LogP) is 2.68. The molecule has 0 saturated heterocycles. The molecule has 0 amide bonds. The Kier molecular flexibility index (Phi) is 5.59. The van der Waals surface area contributed by atoms with Gasteiger partial charge in [-0.3, -0.25) is 0 Å². The van der Waals surface area contributed by atoms with Crippen LogP contribution in [-0.2, 0) is 13.0 Å². The Labute approximate surface area is 129 Å². The SMILES string of the molecule is COc1ccc(COc2ccc(CC=NO)cc2OC)cn1. The third kappa shape index (κ3) is 4.12. The van der Waals surface area contributed by atoms with Crippen molar-refractivity contribution in [3.8, 4) is 17.4 Å². The molecule has 0 saturated carbocycles. The zero-order valence-electron chi connectivity index (χ0n) is 12.5. The van der Waals surface area contributed by atoms with Gasteiger partial charge in [-0.1, -0.05) is 6.07 Å². The number of ether oxygens (including phenoxy) is 3. The maximum atomic E-state index is 8.45. The summed E-state index contributed by atoms with van der Waals surface area (Å²) in [6, 6.07) is 9.25. The maximum Gasteiger partial charge on any atom is 0.212 e. The molecule has 1 N–H and O–H groups in total. The normalized spacial score (nSPS) is 10.6. The van der Waals surface area contributed by atoms with E-state index in [0.717, 1.165) is 11.1 Å². The Morgan fingerprint density at radius 1 is 1.09 bits per heavy atom. The fraction of sp³-hybridized carbons (Fsp3) is 0.250. The number of nitrogens with zero attached hydrogens (tertiary/aromatic N) is 2. The number of benzene rings is 1. The van der Waals surface area contributed by atoms with Gasteiger partial charge >= 0.3 is 0 Å². The van der Waals surface area contributed by atoms with E-state index in [1.165, 1.54) is 6.21 Å². The number of methoxy groups -OCH3 is 2. The lowest BCUT2D eigenvalue weighted by Crippen LogP contribution is -1.99. The van der Waals surface area contributed by atoms with Crippen molar-refractivity contribution in [2.75, 3.05) is 14.2 Å². The van der Waals surface area contributed by atoms with Gasteiger partial charge in [-0.2, -0.15) is 0 Å². The van der Waals surface area contributed by atoms with Crippen molar-refractivity contribution in [2.24, 2.45) is 5.16 Å². The highest BCUT2D eigenvalue weighted by Crippen LogP contribution is 2.29. The summed E-state index contributed by atoms with van der Waals surface area (Å²) in [5, 5.41) is 11.4. The van der Waals surface area contributed by atoms with Crippen molar-refractivity contribution in [1.82, 2.24) is 4.98 Å². The van der Waals surface area contributed by atoms with Crippen LogP contribution in [0.25, 0.3) is 0 Å². The molecule has 0 atom stereocenters. The van der Waals surface area contributed by atoms with E-state index >= 15 is 0 Å². The minimum absolute atomic E-state index is 0.380. The van der Waals surface area contributed by atoms with Crippen LogP contribution in [0.4, 0.5) is 0 Å². The summed E-state index contributed by atoms with van der Waals surface area (Å²) in [6.07, 6.45) is 3.64. The molecule has 2 rings (SSSR count). The van der Waals surface area contributed by atoms with E-state index < -0.39 is 0 Å². The first-order valence-electron chi connectivity index (χ1n) is 6.71. The molecule has 0 spiro atoms. The van der Waals surface area contributed by atoms with Crippen molar-refractivity contribution in [3.05, 3.63) is 47.7 Å². The lowest BCUT2D eigenvalue weighted by molar-refractivity contribution is 0.283. The molecule has 0 radical (unpaired) electrons. The van der Waals surface area contributed by atoms with E-state index in [2.05, 4.69) is 10.1 Å². The van der Waals surface area contributed by atoms with Gasteiger partial charge in [0.1, 0.15) is 6.61 Å². The van der Waals surface area contributed by atoms with Crippen molar-refractivity contribution < 1.29 is 19.4 Å². The Bertz CT molecular complexity index is 627. The first-order chi connectivity index (χ1) is 10.8. The van der Waals surface area contributed by atoms with Crippen molar-refractivity contribution in [2.45, 2.75) is 13.0 Å².